The number of rotatable bonds is 1. The summed E-state index contributed by atoms with van der Waals surface area (Å²) in [5, 5.41) is 0. The van der Waals surface area contributed by atoms with Gasteiger partial charge in [0, 0.05) is 6.20 Å². The van der Waals surface area contributed by atoms with E-state index in [-0.39, 0.29) is 0 Å². The lowest BCUT2D eigenvalue weighted by Gasteiger charge is -2.05. The molecule has 2 aromatic rings. The lowest BCUT2D eigenvalue weighted by Crippen LogP contribution is -1.90. The van der Waals surface area contributed by atoms with E-state index in [9.17, 15) is 0 Å². The first-order valence-corrected chi connectivity index (χ1v) is 4.96. The van der Waals surface area contributed by atoms with Gasteiger partial charge in [0.05, 0.1) is 0 Å². The summed E-state index contributed by atoms with van der Waals surface area (Å²) in [6.45, 7) is 4.23. The van der Waals surface area contributed by atoms with Gasteiger partial charge < -0.3 is 5.73 Å². The van der Waals surface area contributed by atoms with Gasteiger partial charge in [-0.2, -0.15) is 0 Å². The van der Waals surface area contributed by atoms with Crippen molar-refractivity contribution >= 4 is 5.82 Å². The van der Waals surface area contributed by atoms with E-state index >= 15 is 0 Å². The predicted molar refractivity (Wildman–Crippen MR) is 63.6 cm³/mol. The fourth-order valence-corrected chi connectivity index (χ4v) is 1.55. The van der Waals surface area contributed by atoms with Gasteiger partial charge in [0.15, 0.2) is 0 Å². The monoisotopic (exact) mass is 198 g/mol. The number of nitrogens with two attached hydrogens (primary N) is 1. The molecule has 76 valence electrons. The van der Waals surface area contributed by atoms with Gasteiger partial charge in [0.1, 0.15) is 5.82 Å². The van der Waals surface area contributed by atoms with E-state index in [0.29, 0.717) is 5.82 Å². The summed E-state index contributed by atoms with van der Waals surface area (Å²) in [4.78, 5) is 3.98. The standard InChI is InChI=1S/C13H14N2/c1-9-3-4-11(7-10(9)2)12-5-6-15-13(14)8-12/h3-8H,1-2H3,(H2,14,15). The van der Waals surface area contributed by atoms with Crippen molar-refractivity contribution in [1.82, 2.24) is 4.98 Å². The topological polar surface area (TPSA) is 38.9 Å². The van der Waals surface area contributed by atoms with Crippen LogP contribution in [0.2, 0.25) is 0 Å². The molecule has 2 nitrogen and oxygen atoms in total. The van der Waals surface area contributed by atoms with Crippen LogP contribution in [0.15, 0.2) is 36.5 Å². The molecule has 0 radical (unpaired) electrons. The van der Waals surface area contributed by atoms with Crippen LogP contribution >= 0.6 is 0 Å². The Morgan fingerprint density at radius 3 is 2.33 bits per heavy atom. The van der Waals surface area contributed by atoms with E-state index in [1.54, 1.807) is 6.20 Å². The minimum absolute atomic E-state index is 0.561. The van der Waals surface area contributed by atoms with Gasteiger partial charge in [0.2, 0.25) is 0 Å². The lowest BCUT2D eigenvalue weighted by atomic mass is 10.0. The molecule has 1 aromatic heterocycles. The zero-order chi connectivity index (χ0) is 10.8. The number of pyridine rings is 1. The largest absolute Gasteiger partial charge is 0.384 e. The van der Waals surface area contributed by atoms with Gasteiger partial charge in [0.25, 0.3) is 0 Å². The van der Waals surface area contributed by atoms with E-state index < -0.39 is 0 Å². The molecule has 0 bridgehead atoms. The van der Waals surface area contributed by atoms with Crippen molar-refractivity contribution < 1.29 is 0 Å². The van der Waals surface area contributed by atoms with E-state index in [1.165, 1.54) is 16.7 Å². The van der Waals surface area contributed by atoms with Crippen LogP contribution in [0, 0.1) is 13.8 Å². The van der Waals surface area contributed by atoms with E-state index in [1.807, 2.05) is 12.1 Å². The van der Waals surface area contributed by atoms with Crippen molar-refractivity contribution in [2.45, 2.75) is 13.8 Å². The molecule has 1 heterocycles. The molecule has 0 saturated carbocycles. The number of hydrogen-bond donors (Lipinski definition) is 1. The highest BCUT2D eigenvalue weighted by atomic mass is 14.8. The summed E-state index contributed by atoms with van der Waals surface area (Å²) in [7, 11) is 0. The molecule has 2 N–H and O–H groups in total. The fourth-order valence-electron chi connectivity index (χ4n) is 1.55. The zero-order valence-corrected chi connectivity index (χ0v) is 8.99. The first kappa shape index (κ1) is 9.71. The summed E-state index contributed by atoms with van der Waals surface area (Å²) in [5.41, 5.74) is 10.6. The van der Waals surface area contributed by atoms with Crippen LogP contribution in [0.3, 0.4) is 0 Å². The van der Waals surface area contributed by atoms with Crippen molar-refractivity contribution in [2.24, 2.45) is 0 Å². The Hall–Kier alpha value is -1.83. The number of nitrogens with zero attached hydrogens (tertiary/aromatic N) is 1. The van der Waals surface area contributed by atoms with Crippen LogP contribution in [-0.2, 0) is 0 Å². The Morgan fingerprint density at radius 1 is 0.933 bits per heavy atom. The van der Waals surface area contributed by atoms with Crippen molar-refractivity contribution in [1.29, 1.82) is 0 Å². The second-order valence-corrected chi connectivity index (χ2v) is 3.77. The average Bonchev–Trinajstić information content (AvgIpc) is 2.22. The maximum Gasteiger partial charge on any atom is 0.123 e. The molecule has 15 heavy (non-hydrogen) atoms. The molecule has 0 unspecified atom stereocenters. The normalized spacial score (nSPS) is 10.3. The summed E-state index contributed by atoms with van der Waals surface area (Å²) < 4.78 is 0. The number of aryl methyl sites for hydroxylation is 2. The molecule has 2 rings (SSSR count). The van der Waals surface area contributed by atoms with Gasteiger partial charge in [-0.15, -0.1) is 0 Å². The summed E-state index contributed by atoms with van der Waals surface area (Å²) >= 11 is 0. The number of anilines is 1. The molecule has 0 saturated heterocycles. The Kier molecular flexibility index (Phi) is 2.42. The number of benzene rings is 1. The maximum absolute atomic E-state index is 5.65. The molecule has 1 aromatic carbocycles. The first-order valence-electron chi connectivity index (χ1n) is 4.96. The Balaban J connectivity index is 2.50. The molecule has 0 fully saturated rings. The maximum atomic E-state index is 5.65. The van der Waals surface area contributed by atoms with Gasteiger partial charge >= 0.3 is 0 Å². The minimum atomic E-state index is 0.561. The van der Waals surface area contributed by atoms with Crippen molar-refractivity contribution in [3.05, 3.63) is 47.7 Å². The van der Waals surface area contributed by atoms with Crippen LogP contribution in [-0.4, -0.2) is 4.98 Å². The van der Waals surface area contributed by atoms with Crippen LogP contribution in [0.5, 0.6) is 0 Å². The summed E-state index contributed by atoms with van der Waals surface area (Å²) in [6.07, 6.45) is 1.74. The molecule has 0 spiro atoms. The summed E-state index contributed by atoms with van der Waals surface area (Å²) in [6, 6.07) is 10.3. The number of aromatic nitrogens is 1. The second kappa shape index (κ2) is 3.73. The first-order chi connectivity index (χ1) is 7.16. The molecule has 0 aliphatic carbocycles. The van der Waals surface area contributed by atoms with Gasteiger partial charge in [-0.3, -0.25) is 0 Å². The third-order valence-corrected chi connectivity index (χ3v) is 2.62. The number of hydrogen-bond acceptors (Lipinski definition) is 2. The number of nitrogen functional groups attached to an aromatic ring is 1. The fraction of sp³-hybridized carbons (Fsp3) is 0.154. The highest BCUT2D eigenvalue weighted by molar-refractivity contribution is 5.66. The third-order valence-electron chi connectivity index (χ3n) is 2.62. The van der Waals surface area contributed by atoms with E-state index in [0.717, 1.165) is 5.56 Å². The second-order valence-electron chi connectivity index (χ2n) is 3.77. The van der Waals surface area contributed by atoms with Crippen molar-refractivity contribution in [3.8, 4) is 11.1 Å². The Bertz CT molecular complexity index is 490. The SMILES string of the molecule is Cc1ccc(-c2ccnc(N)c2)cc1C. The summed E-state index contributed by atoms with van der Waals surface area (Å²) in [5.74, 6) is 0.561. The molecule has 0 aliphatic heterocycles. The quantitative estimate of drug-likeness (QED) is 0.765. The molecule has 2 heteroatoms. The van der Waals surface area contributed by atoms with Gasteiger partial charge in [-0.1, -0.05) is 18.2 Å². The van der Waals surface area contributed by atoms with E-state index in [4.69, 9.17) is 5.73 Å². The molecule has 0 atom stereocenters. The highest BCUT2D eigenvalue weighted by Gasteiger charge is 2.00. The molecular weight excluding hydrogens is 184 g/mol. The molecule has 0 amide bonds. The lowest BCUT2D eigenvalue weighted by molar-refractivity contribution is 1.32. The van der Waals surface area contributed by atoms with Crippen molar-refractivity contribution in [3.63, 3.8) is 0 Å². The highest BCUT2D eigenvalue weighted by Crippen LogP contribution is 2.22. The zero-order valence-electron chi connectivity index (χ0n) is 8.99. The van der Waals surface area contributed by atoms with Crippen molar-refractivity contribution in [2.75, 3.05) is 5.73 Å². The molecular formula is C13H14N2. The molecule has 0 aliphatic rings. The van der Waals surface area contributed by atoms with Gasteiger partial charge in [-0.05, 0) is 48.2 Å². The van der Waals surface area contributed by atoms with Crippen LogP contribution in [0.1, 0.15) is 11.1 Å². The minimum Gasteiger partial charge on any atom is -0.384 e. The van der Waals surface area contributed by atoms with E-state index in [2.05, 4.69) is 37.0 Å². The average molecular weight is 198 g/mol. The van der Waals surface area contributed by atoms with Crippen LogP contribution < -0.4 is 5.73 Å². The Morgan fingerprint density at radius 2 is 1.67 bits per heavy atom. The predicted octanol–water partition coefficient (Wildman–Crippen LogP) is 2.95. The van der Waals surface area contributed by atoms with Crippen LogP contribution in [0.4, 0.5) is 5.82 Å². The third kappa shape index (κ3) is 1.99. The Labute approximate surface area is 89.8 Å². The smallest absolute Gasteiger partial charge is 0.123 e. The van der Waals surface area contributed by atoms with Gasteiger partial charge in [-0.25, -0.2) is 4.98 Å². The van der Waals surface area contributed by atoms with Crippen LogP contribution in [0.25, 0.3) is 11.1 Å².